The summed E-state index contributed by atoms with van der Waals surface area (Å²) < 4.78 is 29.1. The summed E-state index contributed by atoms with van der Waals surface area (Å²) in [5.41, 5.74) is 7.57. The molecular weight excluding hydrogens is 420 g/mol. The van der Waals surface area contributed by atoms with Gasteiger partial charge in [-0.3, -0.25) is 4.72 Å². The summed E-state index contributed by atoms with van der Waals surface area (Å²) in [6.07, 6.45) is 0. The van der Waals surface area contributed by atoms with Gasteiger partial charge in [-0.25, -0.2) is 8.42 Å². The molecule has 0 amide bonds. The van der Waals surface area contributed by atoms with Crippen LogP contribution in [0.1, 0.15) is 11.1 Å². The average Bonchev–Trinajstić information content (AvgIpc) is 2.43. The van der Waals surface area contributed by atoms with E-state index in [9.17, 15) is 8.42 Å². The van der Waals surface area contributed by atoms with E-state index in [1.54, 1.807) is 31.2 Å². The highest BCUT2D eigenvalue weighted by Crippen LogP contribution is 2.33. The Morgan fingerprint density at radius 3 is 2.24 bits per heavy atom. The molecule has 2 aromatic carbocycles. The van der Waals surface area contributed by atoms with Crippen molar-refractivity contribution in [3.05, 3.63) is 56.5 Å². The summed E-state index contributed by atoms with van der Waals surface area (Å²) >= 11 is 6.68. The van der Waals surface area contributed by atoms with Crippen molar-refractivity contribution in [1.82, 2.24) is 0 Å². The normalized spacial score (nSPS) is 11.4. The van der Waals surface area contributed by atoms with Crippen LogP contribution in [0.2, 0.25) is 0 Å². The Labute approximate surface area is 141 Å². The summed E-state index contributed by atoms with van der Waals surface area (Å²) in [5.74, 6) is 0. The van der Waals surface area contributed by atoms with Gasteiger partial charge in [0.1, 0.15) is 0 Å². The SMILES string of the molecule is Cc1c(CN)cccc1S(=O)(=O)Nc1c(Br)cccc1Br. The third-order valence-electron chi connectivity index (χ3n) is 3.10. The number of rotatable bonds is 4. The second-order valence-corrected chi connectivity index (χ2v) is 7.81. The second-order valence-electron chi connectivity index (χ2n) is 4.45. The quantitative estimate of drug-likeness (QED) is 0.770. The fourth-order valence-electron chi connectivity index (χ4n) is 1.96. The predicted molar refractivity (Wildman–Crippen MR) is 91.7 cm³/mol. The minimum Gasteiger partial charge on any atom is -0.326 e. The molecule has 0 saturated heterocycles. The van der Waals surface area contributed by atoms with Crippen LogP contribution >= 0.6 is 31.9 Å². The van der Waals surface area contributed by atoms with E-state index in [0.717, 1.165) is 5.56 Å². The molecule has 7 heteroatoms. The molecule has 2 aromatic rings. The average molecular weight is 434 g/mol. The summed E-state index contributed by atoms with van der Waals surface area (Å²) in [6.45, 7) is 2.06. The third-order valence-corrected chi connectivity index (χ3v) is 5.92. The van der Waals surface area contributed by atoms with Crippen molar-refractivity contribution in [3.63, 3.8) is 0 Å². The van der Waals surface area contributed by atoms with Crippen LogP contribution in [0, 0.1) is 6.92 Å². The molecule has 0 bridgehead atoms. The summed E-state index contributed by atoms with van der Waals surface area (Å²) in [4.78, 5) is 0.230. The molecule has 112 valence electrons. The maximum atomic E-state index is 12.6. The maximum absolute atomic E-state index is 12.6. The van der Waals surface area contributed by atoms with Gasteiger partial charge >= 0.3 is 0 Å². The highest BCUT2D eigenvalue weighted by atomic mass is 79.9. The first kappa shape index (κ1) is 16.5. The lowest BCUT2D eigenvalue weighted by Gasteiger charge is -2.14. The van der Waals surface area contributed by atoms with Crippen molar-refractivity contribution in [2.45, 2.75) is 18.4 Å². The third kappa shape index (κ3) is 3.48. The summed E-state index contributed by atoms with van der Waals surface area (Å²) in [7, 11) is -3.69. The molecule has 21 heavy (non-hydrogen) atoms. The Kier molecular flexibility index (Phi) is 5.08. The van der Waals surface area contributed by atoms with E-state index in [1.807, 2.05) is 12.1 Å². The lowest BCUT2D eigenvalue weighted by molar-refractivity contribution is 0.600. The summed E-state index contributed by atoms with van der Waals surface area (Å²) in [6, 6.07) is 10.4. The number of hydrogen-bond acceptors (Lipinski definition) is 3. The Balaban J connectivity index is 2.49. The van der Waals surface area contributed by atoms with Gasteiger partial charge in [0.15, 0.2) is 0 Å². The van der Waals surface area contributed by atoms with E-state index in [-0.39, 0.29) is 4.90 Å². The number of anilines is 1. The van der Waals surface area contributed by atoms with E-state index in [2.05, 4.69) is 36.6 Å². The monoisotopic (exact) mass is 432 g/mol. The van der Waals surface area contributed by atoms with Crippen molar-refractivity contribution in [2.24, 2.45) is 5.73 Å². The van der Waals surface area contributed by atoms with Crippen LogP contribution in [0.25, 0.3) is 0 Å². The Morgan fingerprint density at radius 2 is 1.67 bits per heavy atom. The van der Waals surface area contributed by atoms with Crippen molar-refractivity contribution < 1.29 is 8.42 Å². The van der Waals surface area contributed by atoms with Crippen molar-refractivity contribution >= 4 is 47.6 Å². The fraction of sp³-hybridized carbons (Fsp3) is 0.143. The molecule has 0 radical (unpaired) electrons. The predicted octanol–water partition coefficient (Wildman–Crippen LogP) is 3.78. The first-order chi connectivity index (χ1) is 9.86. The zero-order chi connectivity index (χ0) is 15.6. The Morgan fingerprint density at radius 1 is 1.10 bits per heavy atom. The van der Waals surface area contributed by atoms with E-state index in [4.69, 9.17) is 5.73 Å². The largest absolute Gasteiger partial charge is 0.326 e. The molecule has 4 nitrogen and oxygen atoms in total. The number of nitrogens with two attached hydrogens (primary N) is 1. The molecule has 0 spiro atoms. The van der Waals surface area contributed by atoms with Crippen molar-refractivity contribution in [2.75, 3.05) is 4.72 Å². The first-order valence-corrected chi connectivity index (χ1v) is 9.19. The van der Waals surface area contributed by atoms with Gasteiger partial charge < -0.3 is 5.73 Å². The van der Waals surface area contributed by atoms with E-state index >= 15 is 0 Å². The molecule has 0 unspecified atom stereocenters. The van der Waals surface area contributed by atoms with Crippen molar-refractivity contribution in [3.8, 4) is 0 Å². The van der Waals surface area contributed by atoms with E-state index in [1.165, 1.54) is 0 Å². The molecular formula is C14H14Br2N2O2S. The smallest absolute Gasteiger partial charge is 0.262 e. The minimum absolute atomic E-state index is 0.230. The van der Waals surface area contributed by atoms with Crippen LogP contribution in [0.4, 0.5) is 5.69 Å². The lowest BCUT2D eigenvalue weighted by atomic mass is 10.1. The van der Waals surface area contributed by atoms with Gasteiger partial charge in [-0.2, -0.15) is 0 Å². The molecule has 0 atom stereocenters. The molecule has 0 aromatic heterocycles. The fourth-order valence-corrected chi connectivity index (χ4v) is 4.81. The van der Waals surface area contributed by atoms with Gasteiger partial charge in [-0.1, -0.05) is 18.2 Å². The van der Waals surface area contributed by atoms with Gasteiger partial charge in [0.05, 0.1) is 10.6 Å². The van der Waals surface area contributed by atoms with E-state index in [0.29, 0.717) is 26.7 Å². The van der Waals surface area contributed by atoms with Gasteiger partial charge in [-0.15, -0.1) is 0 Å². The van der Waals surface area contributed by atoms with Gasteiger partial charge in [0.2, 0.25) is 0 Å². The van der Waals surface area contributed by atoms with Crippen LogP contribution in [-0.2, 0) is 16.6 Å². The Bertz CT molecular complexity index is 756. The molecule has 0 aliphatic heterocycles. The Hall–Kier alpha value is -0.890. The topological polar surface area (TPSA) is 72.2 Å². The zero-order valence-corrected chi connectivity index (χ0v) is 15.2. The van der Waals surface area contributed by atoms with Crippen LogP contribution in [0.3, 0.4) is 0 Å². The molecule has 0 fully saturated rings. The molecule has 0 aliphatic carbocycles. The van der Waals surface area contributed by atoms with Crippen LogP contribution in [0.15, 0.2) is 50.2 Å². The van der Waals surface area contributed by atoms with Gasteiger partial charge in [0.25, 0.3) is 10.0 Å². The van der Waals surface area contributed by atoms with E-state index < -0.39 is 10.0 Å². The number of halogens is 2. The molecule has 0 heterocycles. The first-order valence-electron chi connectivity index (χ1n) is 6.12. The second kappa shape index (κ2) is 6.48. The number of hydrogen-bond donors (Lipinski definition) is 2. The standard InChI is InChI=1S/C14H14Br2N2O2S/c1-9-10(8-17)4-2-7-13(9)21(19,20)18-14-11(15)5-3-6-12(14)16/h2-7,18H,8,17H2,1H3. The molecule has 2 rings (SSSR count). The van der Waals surface area contributed by atoms with Crippen LogP contribution in [-0.4, -0.2) is 8.42 Å². The lowest BCUT2D eigenvalue weighted by Crippen LogP contribution is -2.16. The zero-order valence-electron chi connectivity index (χ0n) is 11.2. The number of nitrogens with one attached hydrogen (secondary N) is 1. The number of para-hydroxylation sites is 1. The number of benzene rings is 2. The van der Waals surface area contributed by atoms with Crippen molar-refractivity contribution in [1.29, 1.82) is 0 Å². The molecule has 0 aliphatic rings. The minimum atomic E-state index is -3.69. The van der Waals surface area contributed by atoms with Gasteiger partial charge in [-0.05, 0) is 68.1 Å². The highest BCUT2D eigenvalue weighted by Gasteiger charge is 2.20. The van der Waals surface area contributed by atoms with Gasteiger partial charge in [0, 0.05) is 15.5 Å². The summed E-state index contributed by atoms with van der Waals surface area (Å²) in [5, 5.41) is 0. The molecule has 0 saturated carbocycles. The van der Waals surface area contributed by atoms with Crippen LogP contribution in [0.5, 0.6) is 0 Å². The maximum Gasteiger partial charge on any atom is 0.262 e. The number of sulfonamides is 1. The van der Waals surface area contributed by atoms with Crippen LogP contribution < -0.4 is 10.5 Å². The highest BCUT2D eigenvalue weighted by molar-refractivity contribution is 9.11. The molecule has 3 N–H and O–H groups in total.